The highest BCUT2D eigenvalue weighted by Gasteiger charge is 2.37. The first-order chi connectivity index (χ1) is 11.7. The van der Waals surface area contributed by atoms with Gasteiger partial charge in [-0.1, -0.05) is 0 Å². The minimum absolute atomic E-state index is 0.243. The molecular formula is C16H19N5O3. The van der Waals surface area contributed by atoms with Crippen LogP contribution in [0, 0.1) is 0 Å². The second-order valence-electron chi connectivity index (χ2n) is 5.44. The molecule has 1 unspecified atom stereocenters. The number of fused-ring (bicyclic) bond motifs is 1. The van der Waals surface area contributed by atoms with E-state index in [1.807, 2.05) is 11.5 Å². The fraction of sp³-hybridized carbons (Fsp3) is 0.438. The summed E-state index contributed by atoms with van der Waals surface area (Å²) in [6, 6.07) is 0. The van der Waals surface area contributed by atoms with Gasteiger partial charge in [-0.3, -0.25) is 14.6 Å². The zero-order chi connectivity index (χ0) is 17.1. The Bertz CT molecular complexity index is 743. The monoisotopic (exact) mass is 329 g/mol. The van der Waals surface area contributed by atoms with Crippen molar-refractivity contribution in [1.29, 1.82) is 0 Å². The Kier molecular flexibility index (Phi) is 4.54. The molecule has 0 aromatic carbocycles. The van der Waals surface area contributed by atoms with Crippen LogP contribution in [0.3, 0.4) is 0 Å². The Labute approximate surface area is 139 Å². The lowest BCUT2D eigenvalue weighted by Gasteiger charge is -2.31. The number of amides is 1. The number of aromatic nitrogens is 4. The lowest BCUT2D eigenvalue weighted by atomic mass is 9.97. The van der Waals surface area contributed by atoms with Crippen molar-refractivity contribution in [3.05, 3.63) is 42.0 Å². The largest absolute Gasteiger partial charge is 0.465 e. The van der Waals surface area contributed by atoms with Gasteiger partial charge in [0.1, 0.15) is 11.6 Å². The Morgan fingerprint density at radius 1 is 1.29 bits per heavy atom. The maximum absolute atomic E-state index is 12.6. The maximum atomic E-state index is 12.6. The zero-order valence-electron chi connectivity index (χ0n) is 13.7. The molecule has 0 aliphatic carbocycles. The van der Waals surface area contributed by atoms with Crippen LogP contribution in [0.1, 0.15) is 41.6 Å². The van der Waals surface area contributed by atoms with Gasteiger partial charge in [-0.05, 0) is 13.8 Å². The van der Waals surface area contributed by atoms with Gasteiger partial charge in [0.2, 0.25) is 0 Å². The first-order valence-corrected chi connectivity index (χ1v) is 7.91. The van der Waals surface area contributed by atoms with Crippen molar-refractivity contribution in [3.63, 3.8) is 0 Å². The minimum Gasteiger partial charge on any atom is -0.465 e. The van der Waals surface area contributed by atoms with Gasteiger partial charge in [-0.15, -0.1) is 0 Å². The van der Waals surface area contributed by atoms with Crippen LogP contribution >= 0.6 is 0 Å². The summed E-state index contributed by atoms with van der Waals surface area (Å²) in [5, 5.41) is 0. The van der Waals surface area contributed by atoms with Gasteiger partial charge < -0.3 is 14.2 Å². The summed E-state index contributed by atoms with van der Waals surface area (Å²) in [6.45, 7) is 5.34. The molecule has 0 spiro atoms. The molecule has 0 N–H and O–H groups in total. The first-order valence-electron chi connectivity index (χ1n) is 7.91. The van der Waals surface area contributed by atoms with Gasteiger partial charge in [0, 0.05) is 25.5 Å². The van der Waals surface area contributed by atoms with E-state index in [9.17, 15) is 9.59 Å². The van der Waals surface area contributed by atoms with E-state index in [-0.39, 0.29) is 24.1 Å². The van der Waals surface area contributed by atoms with Gasteiger partial charge in [-0.25, -0.2) is 9.97 Å². The standard InChI is InChI=1S/C16H19N5O3/c1-3-20-10-19-13-9-21(15(22)12-7-17-5-6-18-12)8-11(14(13)20)16(23)24-4-2/h5-7,10-11H,3-4,8-9H2,1-2H3. The van der Waals surface area contributed by atoms with Gasteiger partial charge in [0.05, 0.1) is 37.1 Å². The molecule has 1 atom stereocenters. The van der Waals surface area contributed by atoms with Crippen LogP contribution in [0.15, 0.2) is 24.9 Å². The number of ether oxygens (including phenoxy) is 1. The molecule has 3 heterocycles. The van der Waals surface area contributed by atoms with Crippen LogP contribution in [-0.4, -0.2) is 49.4 Å². The summed E-state index contributed by atoms with van der Waals surface area (Å²) in [4.78, 5) is 39.0. The summed E-state index contributed by atoms with van der Waals surface area (Å²) in [5.41, 5.74) is 1.80. The summed E-state index contributed by atoms with van der Waals surface area (Å²) < 4.78 is 7.13. The lowest BCUT2D eigenvalue weighted by Crippen LogP contribution is -2.42. The minimum atomic E-state index is -0.545. The van der Waals surface area contributed by atoms with E-state index in [1.54, 1.807) is 18.2 Å². The van der Waals surface area contributed by atoms with Crippen molar-refractivity contribution in [2.24, 2.45) is 0 Å². The summed E-state index contributed by atoms with van der Waals surface area (Å²) in [6.07, 6.45) is 6.10. The van der Waals surface area contributed by atoms with Crippen molar-refractivity contribution in [3.8, 4) is 0 Å². The molecule has 126 valence electrons. The highest BCUT2D eigenvalue weighted by molar-refractivity contribution is 5.93. The second-order valence-corrected chi connectivity index (χ2v) is 5.44. The number of esters is 1. The molecule has 1 aliphatic rings. The van der Waals surface area contributed by atoms with E-state index in [0.717, 1.165) is 11.4 Å². The highest BCUT2D eigenvalue weighted by Crippen LogP contribution is 2.29. The van der Waals surface area contributed by atoms with Crippen LogP contribution in [-0.2, 0) is 22.6 Å². The Morgan fingerprint density at radius 3 is 2.79 bits per heavy atom. The summed E-state index contributed by atoms with van der Waals surface area (Å²) in [7, 11) is 0. The summed E-state index contributed by atoms with van der Waals surface area (Å²) in [5.74, 6) is -1.16. The van der Waals surface area contributed by atoms with Crippen LogP contribution in [0.4, 0.5) is 0 Å². The van der Waals surface area contributed by atoms with Gasteiger partial charge in [0.25, 0.3) is 5.91 Å². The van der Waals surface area contributed by atoms with E-state index in [0.29, 0.717) is 19.7 Å². The van der Waals surface area contributed by atoms with Gasteiger partial charge in [0.15, 0.2) is 0 Å². The van der Waals surface area contributed by atoms with Crippen LogP contribution in [0.25, 0.3) is 0 Å². The molecular weight excluding hydrogens is 310 g/mol. The molecule has 2 aromatic heterocycles. The summed E-state index contributed by atoms with van der Waals surface area (Å²) >= 11 is 0. The maximum Gasteiger partial charge on any atom is 0.316 e. The molecule has 0 saturated heterocycles. The molecule has 8 nitrogen and oxygen atoms in total. The number of hydrogen-bond donors (Lipinski definition) is 0. The Hall–Kier alpha value is -2.77. The third kappa shape index (κ3) is 2.86. The number of carbonyl (C=O) groups is 2. The third-order valence-electron chi connectivity index (χ3n) is 4.01. The second kappa shape index (κ2) is 6.77. The fourth-order valence-electron chi connectivity index (χ4n) is 2.92. The van der Waals surface area contributed by atoms with Crippen molar-refractivity contribution in [1.82, 2.24) is 24.4 Å². The van der Waals surface area contributed by atoms with E-state index in [1.165, 1.54) is 18.6 Å². The molecule has 3 rings (SSSR count). The van der Waals surface area contributed by atoms with E-state index in [2.05, 4.69) is 15.0 Å². The predicted molar refractivity (Wildman–Crippen MR) is 84.0 cm³/mol. The predicted octanol–water partition coefficient (Wildman–Crippen LogP) is 0.996. The van der Waals surface area contributed by atoms with Crippen LogP contribution in [0.2, 0.25) is 0 Å². The molecule has 0 saturated carbocycles. The fourth-order valence-corrected chi connectivity index (χ4v) is 2.92. The Balaban J connectivity index is 1.93. The van der Waals surface area contributed by atoms with E-state index >= 15 is 0 Å². The molecule has 8 heteroatoms. The highest BCUT2D eigenvalue weighted by atomic mass is 16.5. The van der Waals surface area contributed by atoms with Crippen molar-refractivity contribution in [2.75, 3.05) is 13.2 Å². The first kappa shape index (κ1) is 16.1. The van der Waals surface area contributed by atoms with Crippen molar-refractivity contribution >= 4 is 11.9 Å². The third-order valence-corrected chi connectivity index (χ3v) is 4.01. The van der Waals surface area contributed by atoms with Crippen molar-refractivity contribution < 1.29 is 14.3 Å². The topological polar surface area (TPSA) is 90.2 Å². The normalized spacial score (nSPS) is 16.6. The average molecular weight is 329 g/mol. The zero-order valence-corrected chi connectivity index (χ0v) is 13.7. The van der Waals surface area contributed by atoms with Crippen LogP contribution in [0.5, 0.6) is 0 Å². The molecule has 1 amide bonds. The quantitative estimate of drug-likeness (QED) is 0.777. The van der Waals surface area contributed by atoms with E-state index < -0.39 is 5.92 Å². The molecule has 24 heavy (non-hydrogen) atoms. The number of imidazole rings is 1. The average Bonchev–Trinajstić information content (AvgIpc) is 3.04. The number of hydrogen-bond acceptors (Lipinski definition) is 6. The molecule has 0 bridgehead atoms. The number of nitrogens with zero attached hydrogens (tertiary/aromatic N) is 5. The number of rotatable bonds is 4. The number of aryl methyl sites for hydroxylation is 1. The molecule has 0 radical (unpaired) electrons. The SMILES string of the molecule is CCOC(=O)C1CN(C(=O)c2cnccn2)Cc2ncn(CC)c21. The smallest absolute Gasteiger partial charge is 0.316 e. The van der Waals surface area contributed by atoms with Gasteiger partial charge >= 0.3 is 5.97 Å². The number of carbonyl (C=O) groups excluding carboxylic acids is 2. The van der Waals surface area contributed by atoms with E-state index in [4.69, 9.17) is 4.74 Å². The molecule has 1 aliphatic heterocycles. The van der Waals surface area contributed by atoms with Crippen LogP contribution < -0.4 is 0 Å². The van der Waals surface area contributed by atoms with Gasteiger partial charge in [-0.2, -0.15) is 0 Å². The molecule has 0 fully saturated rings. The Morgan fingerprint density at radius 2 is 2.12 bits per heavy atom. The van der Waals surface area contributed by atoms with Crippen molar-refractivity contribution in [2.45, 2.75) is 32.9 Å². The lowest BCUT2D eigenvalue weighted by molar-refractivity contribution is -0.145. The molecule has 2 aromatic rings.